The highest BCUT2D eigenvalue weighted by Gasteiger charge is 2.35. The normalized spacial score (nSPS) is 28.7. The molecule has 3 nitrogen and oxygen atoms in total. The molecule has 2 aliphatic carbocycles. The molecule has 0 aromatic carbocycles. The van der Waals surface area contributed by atoms with E-state index in [1.54, 1.807) is 0 Å². The molecule has 0 bridgehead atoms. The summed E-state index contributed by atoms with van der Waals surface area (Å²) in [5.41, 5.74) is 5.61. The summed E-state index contributed by atoms with van der Waals surface area (Å²) in [6, 6.07) is 0.305. The SMILES string of the molecule is NC1(C(=O)NC2CC=CCC2)CCCCC1. The van der Waals surface area contributed by atoms with Crippen LogP contribution in [0.2, 0.25) is 0 Å². The quantitative estimate of drug-likeness (QED) is 0.701. The third-order valence-corrected chi connectivity index (χ3v) is 3.80. The number of nitrogens with two attached hydrogens (primary N) is 1. The van der Waals surface area contributed by atoms with E-state index >= 15 is 0 Å². The van der Waals surface area contributed by atoms with Crippen LogP contribution in [0.4, 0.5) is 0 Å². The number of carbonyl (C=O) groups is 1. The number of amides is 1. The average molecular weight is 222 g/mol. The summed E-state index contributed by atoms with van der Waals surface area (Å²) >= 11 is 0. The Morgan fingerprint density at radius 1 is 1.25 bits per heavy atom. The maximum absolute atomic E-state index is 12.1. The van der Waals surface area contributed by atoms with E-state index in [1.165, 1.54) is 6.42 Å². The fraction of sp³-hybridized carbons (Fsp3) is 0.769. The number of allylic oxidation sites excluding steroid dienone is 1. The van der Waals surface area contributed by atoms with Crippen molar-refractivity contribution in [1.82, 2.24) is 5.32 Å². The molecule has 3 N–H and O–H groups in total. The van der Waals surface area contributed by atoms with Crippen molar-refractivity contribution in [3.8, 4) is 0 Å². The van der Waals surface area contributed by atoms with Gasteiger partial charge in [0.05, 0.1) is 5.54 Å². The van der Waals surface area contributed by atoms with E-state index in [-0.39, 0.29) is 5.91 Å². The summed E-state index contributed by atoms with van der Waals surface area (Å²) in [4.78, 5) is 12.1. The standard InChI is InChI=1S/C13H22N2O/c14-13(9-5-2-6-10-13)12(16)15-11-7-3-1-4-8-11/h1,3,11H,2,4-10,14H2,(H,15,16). The average Bonchev–Trinajstić information content (AvgIpc) is 2.31. The molecule has 0 heterocycles. The van der Waals surface area contributed by atoms with Gasteiger partial charge >= 0.3 is 0 Å². The van der Waals surface area contributed by atoms with E-state index in [0.717, 1.165) is 44.9 Å². The fourth-order valence-corrected chi connectivity index (χ4v) is 2.66. The summed E-state index contributed by atoms with van der Waals surface area (Å²) < 4.78 is 0. The van der Waals surface area contributed by atoms with E-state index < -0.39 is 5.54 Å². The van der Waals surface area contributed by atoms with Crippen molar-refractivity contribution < 1.29 is 4.79 Å². The molecular formula is C13H22N2O. The van der Waals surface area contributed by atoms with E-state index in [9.17, 15) is 4.79 Å². The Bertz CT molecular complexity index is 280. The zero-order chi connectivity index (χ0) is 11.4. The first-order chi connectivity index (χ1) is 7.71. The largest absolute Gasteiger partial charge is 0.351 e. The van der Waals surface area contributed by atoms with Crippen LogP contribution in [-0.2, 0) is 4.79 Å². The monoisotopic (exact) mass is 222 g/mol. The molecule has 90 valence electrons. The zero-order valence-corrected chi connectivity index (χ0v) is 9.87. The first-order valence-electron chi connectivity index (χ1n) is 6.45. The minimum atomic E-state index is -0.584. The molecule has 0 radical (unpaired) electrons. The van der Waals surface area contributed by atoms with Gasteiger partial charge in [0.15, 0.2) is 0 Å². The predicted octanol–water partition coefficient (Wildman–Crippen LogP) is 1.87. The predicted molar refractivity (Wildman–Crippen MR) is 64.9 cm³/mol. The van der Waals surface area contributed by atoms with Crippen LogP contribution in [0.3, 0.4) is 0 Å². The van der Waals surface area contributed by atoms with Gasteiger partial charge in [-0.2, -0.15) is 0 Å². The van der Waals surface area contributed by atoms with E-state index in [0.29, 0.717) is 6.04 Å². The molecular weight excluding hydrogens is 200 g/mol. The highest BCUT2D eigenvalue weighted by atomic mass is 16.2. The van der Waals surface area contributed by atoms with Crippen LogP contribution < -0.4 is 11.1 Å². The second-order valence-electron chi connectivity index (χ2n) is 5.17. The van der Waals surface area contributed by atoms with Crippen LogP contribution in [0.5, 0.6) is 0 Å². The van der Waals surface area contributed by atoms with Gasteiger partial charge in [-0.3, -0.25) is 4.79 Å². The lowest BCUT2D eigenvalue weighted by Crippen LogP contribution is -2.57. The van der Waals surface area contributed by atoms with Crippen LogP contribution >= 0.6 is 0 Å². The Kier molecular flexibility index (Phi) is 3.64. The lowest BCUT2D eigenvalue weighted by atomic mass is 9.81. The first kappa shape index (κ1) is 11.6. The van der Waals surface area contributed by atoms with Crippen LogP contribution in [-0.4, -0.2) is 17.5 Å². The number of hydrogen-bond donors (Lipinski definition) is 2. The van der Waals surface area contributed by atoms with Crippen molar-refractivity contribution in [3.05, 3.63) is 12.2 Å². The Hall–Kier alpha value is -0.830. The maximum atomic E-state index is 12.1. The van der Waals surface area contributed by atoms with E-state index in [2.05, 4.69) is 17.5 Å². The summed E-state index contributed by atoms with van der Waals surface area (Å²) in [6.07, 6.45) is 12.5. The number of carbonyl (C=O) groups excluding carboxylic acids is 1. The molecule has 1 amide bonds. The molecule has 0 spiro atoms. The van der Waals surface area contributed by atoms with E-state index in [1.807, 2.05) is 0 Å². The summed E-state index contributed by atoms with van der Waals surface area (Å²) in [5.74, 6) is 0.0764. The molecule has 2 rings (SSSR count). The van der Waals surface area contributed by atoms with Gasteiger partial charge in [-0.25, -0.2) is 0 Å². The number of nitrogens with one attached hydrogen (secondary N) is 1. The Labute approximate surface area is 97.5 Å². The highest BCUT2D eigenvalue weighted by molar-refractivity contribution is 5.86. The van der Waals surface area contributed by atoms with Crippen LogP contribution in [0.15, 0.2) is 12.2 Å². The molecule has 0 aromatic heterocycles. The van der Waals surface area contributed by atoms with Crippen molar-refractivity contribution in [2.75, 3.05) is 0 Å². The molecule has 1 atom stereocenters. The van der Waals surface area contributed by atoms with Gasteiger partial charge in [-0.1, -0.05) is 31.4 Å². The van der Waals surface area contributed by atoms with Crippen molar-refractivity contribution in [2.45, 2.75) is 62.9 Å². The van der Waals surface area contributed by atoms with Crippen molar-refractivity contribution in [1.29, 1.82) is 0 Å². The zero-order valence-electron chi connectivity index (χ0n) is 9.87. The Morgan fingerprint density at radius 3 is 2.62 bits per heavy atom. The third kappa shape index (κ3) is 2.64. The lowest BCUT2D eigenvalue weighted by molar-refractivity contribution is -0.128. The first-order valence-corrected chi connectivity index (χ1v) is 6.45. The summed E-state index contributed by atoms with van der Waals surface area (Å²) in [5, 5.41) is 3.11. The van der Waals surface area contributed by atoms with Crippen LogP contribution in [0.25, 0.3) is 0 Å². The molecule has 0 aromatic rings. The minimum absolute atomic E-state index is 0.0764. The van der Waals surface area contributed by atoms with Crippen LogP contribution in [0, 0.1) is 0 Å². The van der Waals surface area contributed by atoms with Crippen molar-refractivity contribution in [3.63, 3.8) is 0 Å². The lowest BCUT2D eigenvalue weighted by Gasteiger charge is -2.33. The van der Waals surface area contributed by atoms with Crippen LogP contribution in [0.1, 0.15) is 51.4 Å². The molecule has 16 heavy (non-hydrogen) atoms. The van der Waals surface area contributed by atoms with Gasteiger partial charge in [0.25, 0.3) is 0 Å². The molecule has 1 fully saturated rings. The van der Waals surface area contributed by atoms with Gasteiger partial charge in [-0.15, -0.1) is 0 Å². The third-order valence-electron chi connectivity index (χ3n) is 3.80. The second kappa shape index (κ2) is 5.00. The smallest absolute Gasteiger partial charge is 0.240 e. The van der Waals surface area contributed by atoms with Gasteiger partial charge in [0.1, 0.15) is 0 Å². The molecule has 2 aliphatic rings. The Balaban J connectivity index is 1.88. The molecule has 3 heteroatoms. The van der Waals surface area contributed by atoms with Crippen molar-refractivity contribution in [2.24, 2.45) is 5.73 Å². The molecule has 1 saturated carbocycles. The van der Waals surface area contributed by atoms with Gasteiger partial charge < -0.3 is 11.1 Å². The highest BCUT2D eigenvalue weighted by Crippen LogP contribution is 2.26. The second-order valence-corrected chi connectivity index (χ2v) is 5.17. The van der Waals surface area contributed by atoms with E-state index in [4.69, 9.17) is 5.73 Å². The minimum Gasteiger partial charge on any atom is -0.351 e. The fourth-order valence-electron chi connectivity index (χ4n) is 2.66. The van der Waals surface area contributed by atoms with Gasteiger partial charge in [0, 0.05) is 6.04 Å². The molecule has 1 unspecified atom stereocenters. The number of hydrogen-bond acceptors (Lipinski definition) is 2. The van der Waals surface area contributed by atoms with Gasteiger partial charge in [-0.05, 0) is 32.1 Å². The maximum Gasteiger partial charge on any atom is 0.240 e. The number of rotatable bonds is 2. The summed E-state index contributed by atoms with van der Waals surface area (Å²) in [6.45, 7) is 0. The Morgan fingerprint density at radius 2 is 2.00 bits per heavy atom. The molecule has 0 saturated heterocycles. The summed E-state index contributed by atoms with van der Waals surface area (Å²) in [7, 11) is 0. The van der Waals surface area contributed by atoms with Crippen molar-refractivity contribution >= 4 is 5.91 Å². The molecule has 0 aliphatic heterocycles. The van der Waals surface area contributed by atoms with Gasteiger partial charge in [0.2, 0.25) is 5.91 Å². The topological polar surface area (TPSA) is 55.1 Å².